The lowest BCUT2D eigenvalue weighted by Crippen LogP contribution is -2.26. The predicted molar refractivity (Wildman–Crippen MR) is 121 cm³/mol. The molecule has 4 aromatic rings. The fraction of sp³-hybridized carbons (Fsp3) is 0.318. The number of aryl methyl sites for hydroxylation is 3. The zero-order valence-corrected chi connectivity index (χ0v) is 18.9. The molecule has 7 nitrogen and oxygen atoms in total. The van der Waals surface area contributed by atoms with Crippen molar-refractivity contribution in [3.05, 3.63) is 68.3 Å². The summed E-state index contributed by atoms with van der Waals surface area (Å²) in [6.45, 7) is 4.89. The number of benzene rings is 1. The molecule has 0 bridgehead atoms. The van der Waals surface area contributed by atoms with Crippen LogP contribution < -0.4 is 10.9 Å². The molecule has 1 N–H and O–H groups in total. The molecule has 0 radical (unpaired) electrons. The third kappa shape index (κ3) is 3.67. The third-order valence-corrected chi connectivity index (χ3v) is 6.10. The molecule has 1 amide bonds. The molecule has 0 saturated carbocycles. The lowest BCUT2D eigenvalue weighted by atomic mass is 10.2. The molecule has 4 rings (SSSR count). The lowest BCUT2D eigenvalue weighted by Gasteiger charge is -2.13. The molecule has 3 heterocycles. The Balaban J connectivity index is 1.48. The Hall–Kier alpha value is -2.87. The van der Waals surface area contributed by atoms with Gasteiger partial charge in [0.25, 0.3) is 5.56 Å². The van der Waals surface area contributed by atoms with E-state index in [1.807, 2.05) is 66.5 Å². The minimum atomic E-state index is -0.0485. The number of carbonyl (C=O) groups is 1. The number of aromatic nitrogens is 4. The third-order valence-electron chi connectivity index (χ3n) is 5.61. The smallest absolute Gasteiger partial charge is 0.275 e. The van der Waals surface area contributed by atoms with Crippen LogP contribution in [0.15, 0.2) is 45.8 Å². The van der Waals surface area contributed by atoms with E-state index in [4.69, 9.17) is 0 Å². The van der Waals surface area contributed by atoms with Crippen molar-refractivity contribution in [2.45, 2.75) is 39.8 Å². The van der Waals surface area contributed by atoms with E-state index in [2.05, 4.69) is 26.3 Å². The van der Waals surface area contributed by atoms with E-state index in [0.717, 1.165) is 32.5 Å². The number of amides is 1. The summed E-state index contributed by atoms with van der Waals surface area (Å²) in [4.78, 5) is 25.4. The van der Waals surface area contributed by atoms with Crippen molar-refractivity contribution >= 4 is 38.4 Å². The van der Waals surface area contributed by atoms with Gasteiger partial charge in [-0.15, -0.1) is 0 Å². The number of nitrogens with one attached hydrogen (secondary N) is 1. The Bertz CT molecular complexity index is 1310. The number of hydrogen-bond acceptors (Lipinski definition) is 3. The summed E-state index contributed by atoms with van der Waals surface area (Å²) in [5.74, 6) is -0.0278. The van der Waals surface area contributed by atoms with Crippen LogP contribution in [0.2, 0.25) is 0 Å². The van der Waals surface area contributed by atoms with Gasteiger partial charge in [0.05, 0.1) is 16.7 Å². The van der Waals surface area contributed by atoms with Crippen LogP contribution in [0.3, 0.4) is 0 Å². The van der Waals surface area contributed by atoms with Crippen LogP contribution in [0, 0.1) is 13.8 Å². The molecule has 0 saturated heterocycles. The average molecular weight is 470 g/mol. The normalized spacial score (nSPS) is 11.5. The first kappa shape index (κ1) is 20.4. The largest absolute Gasteiger partial charge is 0.352 e. The summed E-state index contributed by atoms with van der Waals surface area (Å²) >= 11 is 3.50. The average Bonchev–Trinajstić information content (AvgIpc) is 3.28. The van der Waals surface area contributed by atoms with E-state index < -0.39 is 0 Å². The van der Waals surface area contributed by atoms with E-state index in [9.17, 15) is 9.59 Å². The number of halogens is 1. The van der Waals surface area contributed by atoms with Gasteiger partial charge in [-0.2, -0.15) is 5.10 Å². The van der Waals surface area contributed by atoms with E-state index >= 15 is 0 Å². The highest BCUT2D eigenvalue weighted by atomic mass is 79.9. The topological polar surface area (TPSA) is 73.3 Å². The fourth-order valence-corrected chi connectivity index (χ4v) is 4.25. The van der Waals surface area contributed by atoms with Crippen LogP contribution in [0.25, 0.3) is 16.6 Å². The van der Waals surface area contributed by atoms with E-state index in [0.29, 0.717) is 31.4 Å². The second kappa shape index (κ2) is 8.10. The maximum absolute atomic E-state index is 13.0. The minimum Gasteiger partial charge on any atom is -0.352 e. The van der Waals surface area contributed by atoms with Gasteiger partial charge >= 0.3 is 0 Å². The van der Waals surface area contributed by atoms with Crippen LogP contribution in [0.4, 0.5) is 0 Å². The van der Waals surface area contributed by atoms with Gasteiger partial charge in [0.15, 0.2) is 0 Å². The molecule has 0 aliphatic rings. The lowest BCUT2D eigenvalue weighted by molar-refractivity contribution is -0.121. The second-order valence-electron chi connectivity index (χ2n) is 7.51. The van der Waals surface area contributed by atoms with Gasteiger partial charge < -0.3 is 14.3 Å². The first-order valence-corrected chi connectivity index (χ1v) is 10.7. The number of carbonyl (C=O) groups excluding carboxylic acids is 1. The highest BCUT2D eigenvalue weighted by Crippen LogP contribution is 2.20. The summed E-state index contributed by atoms with van der Waals surface area (Å²) in [5.41, 5.74) is 5.43. The standard InChI is InChI=1S/C22H24BrN5O2/c1-14-17(15(2)26(3)25-14)13-24-21(29)7-5-11-28-20-12-16(23)8-9-18(20)27-10-4-6-19(27)22(28)30/h4,6,8-10,12H,5,7,11,13H2,1-3H3,(H,24,29). The quantitative estimate of drug-likeness (QED) is 0.469. The van der Waals surface area contributed by atoms with Crippen LogP contribution >= 0.6 is 15.9 Å². The molecule has 0 atom stereocenters. The molecule has 0 aliphatic carbocycles. The van der Waals surface area contributed by atoms with E-state index in [1.54, 1.807) is 4.57 Å². The maximum Gasteiger partial charge on any atom is 0.275 e. The Morgan fingerprint density at radius 1 is 1.17 bits per heavy atom. The van der Waals surface area contributed by atoms with Gasteiger partial charge in [-0.1, -0.05) is 15.9 Å². The minimum absolute atomic E-state index is 0.0278. The molecular weight excluding hydrogens is 446 g/mol. The van der Waals surface area contributed by atoms with Gasteiger partial charge in [-0.05, 0) is 50.6 Å². The molecule has 0 aliphatic heterocycles. The van der Waals surface area contributed by atoms with Gasteiger partial charge in [-0.25, -0.2) is 0 Å². The molecule has 8 heteroatoms. The summed E-state index contributed by atoms with van der Waals surface area (Å²) in [6.07, 6.45) is 2.83. The first-order valence-electron chi connectivity index (χ1n) is 9.91. The Kier molecular flexibility index (Phi) is 5.51. The molecule has 0 unspecified atom stereocenters. The van der Waals surface area contributed by atoms with Crippen molar-refractivity contribution in [3.63, 3.8) is 0 Å². The molecule has 3 aromatic heterocycles. The van der Waals surface area contributed by atoms with Crippen molar-refractivity contribution in [1.29, 1.82) is 0 Å². The Morgan fingerprint density at radius 3 is 2.70 bits per heavy atom. The fourth-order valence-electron chi connectivity index (χ4n) is 3.90. The van der Waals surface area contributed by atoms with Crippen molar-refractivity contribution < 1.29 is 4.79 Å². The molecule has 0 fully saturated rings. The number of hydrogen-bond donors (Lipinski definition) is 1. The van der Waals surface area contributed by atoms with Gasteiger partial charge in [0, 0.05) is 48.5 Å². The van der Waals surface area contributed by atoms with Crippen molar-refractivity contribution in [3.8, 4) is 0 Å². The Morgan fingerprint density at radius 2 is 1.97 bits per heavy atom. The summed E-state index contributed by atoms with van der Waals surface area (Å²) in [5, 5.41) is 7.35. The van der Waals surface area contributed by atoms with Crippen LogP contribution in [-0.4, -0.2) is 24.7 Å². The van der Waals surface area contributed by atoms with Crippen LogP contribution in [0.1, 0.15) is 29.8 Å². The maximum atomic E-state index is 13.0. The first-order chi connectivity index (χ1) is 14.4. The predicted octanol–water partition coefficient (Wildman–Crippen LogP) is 3.46. The summed E-state index contributed by atoms with van der Waals surface area (Å²) < 4.78 is 6.41. The summed E-state index contributed by atoms with van der Waals surface area (Å²) in [6, 6.07) is 9.61. The second-order valence-corrected chi connectivity index (χ2v) is 8.42. The van der Waals surface area contributed by atoms with Crippen molar-refractivity contribution in [2.24, 2.45) is 7.05 Å². The van der Waals surface area contributed by atoms with Crippen molar-refractivity contribution in [1.82, 2.24) is 24.1 Å². The van der Waals surface area contributed by atoms with Crippen LogP contribution in [-0.2, 0) is 24.9 Å². The highest BCUT2D eigenvalue weighted by Gasteiger charge is 2.13. The van der Waals surface area contributed by atoms with E-state index in [-0.39, 0.29) is 11.5 Å². The van der Waals surface area contributed by atoms with Gasteiger partial charge in [0.1, 0.15) is 5.52 Å². The number of fused-ring (bicyclic) bond motifs is 3. The zero-order valence-electron chi connectivity index (χ0n) is 17.3. The molecule has 156 valence electrons. The van der Waals surface area contributed by atoms with Crippen LogP contribution in [0.5, 0.6) is 0 Å². The highest BCUT2D eigenvalue weighted by molar-refractivity contribution is 9.10. The molecule has 30 heavy (non-hydrogen) atoms. The van der Waals surface area contributed by atoms with Gasteiger partial charge in [0.2, 0.25) is 5.91 Å². The number of rotatable bonds is 6. The molecule has 0 spiro atoms. The monoisotopic (exact) mass is 469 g/mol. The summed E-state index contributed by atoms with van der Waals surface area (Å²) in [7, 11) is 1.90. The zero-order chi connectivity index (χ0) is 21.4. The molecule has 1 aromatic carbocycles. The SMILES string of the molecule is Cc1nn(C)c(C)c1CNC(=O)CCCn1c(=O)c2cccn2c2ccc(Br)cc21. The van der Waals surface area contributed by atoms with Gasteiger partial charge in [-0.3, -0.25) is 14.3 Å². The Labute approximate surface area is 182 Å². The molecular formula is C22H24BrN5O2. The number of nitrogens with zero attached hydrogens (tertiary/aromatic N) is 4. The van der Waals surface area contributed by atoms with Crippen molar-refractivity contribution in [2.75, 3.05) is 0 Å². The van der Waals surface area contributed by atoms with E-state index in [1.165, 1.54) is 0 Å².